The van der Waals surface area contributed by atoms with Crippen molar-refractivity contribution in [2.45, 2.75) is 38.9 Å². The number of benzene rings is 1. The first-order valence-electron chi connectivity index (χ1n) is 7.88. The van der Waals surface area contributed by atoms with Gasteiger partial charge in [0, 0.05) is 0 Å². The molecule has 136 valence electrons. The number of carbonyl (C=O) groups is 2. The summed E-state index contributed by atoms with van der Waals surface area (Å²) in [6.45, 7) is 7.47. The van der Waals surface area contributed by atoms with Crippen molar-refractivity contribution < 1.29 is 33.1 Å². The molecule has 0 atom stereocenters. The minimum Gasteiger partial charge on any atom is -0.482 e. The van der Waals surface area contributed by atoms with Crippen LogP contribution in [0, 0.1) is 0 Å². The van der Waals surface area contributed by atoms with E-state index in [0.717, 1.165) is 0 Å². The molecule has 1 heterocycles. The van der Waals surface area contributed by atoms with Crippen molar-refractivity contribution in [1.29, 1.82) is 0 Å². The van der Waals surface area contributed by atoms with Crippen molar-refractivity contribution in [3.8, 4) is 5.75 Å². The van der Waals surface area contributed by atoms with E-state index in [2.05, 4.69) is 4.74 Å². The number of methoxy groups -OCH3 is 2. The Balaban J connectivity index is 2.34. The summed E-state index contributed by atoms with van der Waals surface area (Å²) in [7, 11) is 1.89. The Morgan fingerprint density at radius 3 is 2.12 bits per heavy atom. The zero-order valence-corrected chi connectivity index (χ0v) is 15.4. The van der Waals surface area contributed by atoms with Crippen LogP contribution < -0.4 is 10.2 Å². The van der Waals surface area contributed by atoms with E-state index in [4.69, 9.17) is 18.8 Å². The predicted octanol–water partition coefficient (Wildman–Crippen LogP) is 1.32. The lowest BCUT2D eigenvalue weighted by atomic mass is 9.78. The molecule has 0 saturated carbocycles. The molecular weight excluding hydrogens is 327 g/mol. The first-order valence-corrected chi connectivity index (χ1v) is 7.88. The molecule has 0 radical (unpaired) electrons. The highest BCUT2D eigenvalue weighted by Crippen LogP contribution is 2.36. The van der Waals surface area contributed by atoms with Crippen LogP contribution in [0.5, 0.6) is 5.75 Å². The highest BCUT2D eigenvalue weighted by Gasteiger charge is 2.51. The molecule has 0 bridgehead atoms. The van der Waals surface area contributed by atoms with Crippen LogP contribution in [0.3, 0.4) is 0 Å². The third-order valence-electron chi connectivity index (χ3n) is 4.46. The molecule has 0 spiro atoms. The van der Waals surface area contributed by atoms with Gasteiger partial charge in [0.25, 0.3) is 0 Å². The second kappa shape index (κ2) is 7.05. The van der Waals surface area contributed by atoms with E-state index in [0.29, 0.717) is 11.2 Å². The van der Waals surface area contributed by atoms with Crippen LogP contribution >= 0.6 is 0 Å². The molecule has 0 unspecified atom stereocenters. The zero-order valence-electron chi connectivity index (χ0n) is 15.4. The van der Waals surface area contributed by atoms with Gasteiger partial charge in [-0.1, -0.05) is 0 Å². The minimum absolute atomic E-state index is 0.273. The van der Waals surface area contributed by atoms with Crippen LogP contribution in [0.4, 0.5) is 0 Å². The topological polar surface area (TPSA) is 80.3 Å². The van der Waals surface area contributed by atoms with Crippen LogP contribution in [-0.4, -0.2) is 51.1 Å². The van der Waals surface area contributed by atoms with Gasteiger partial charge in [0.15, 0.2) is 6.61 Å². The van der Waals surface area contributed by atoms with Crippen molar-refractivity contribution in [3.63, 3.8) is 0 Å². The average Bonchev–Trinajstić information content (AvgIpc) is 2.79. The van der Waals surface area contributed by atoms with Gasteiger partial charge in [0.05, 0.1) is 31.0 Å². The molecule has 1 saturated heterocycles. The Hall–Kier alpha value is -2.06. The molecule has 1 fully saturated rings. The van der Waals surface area contributed by atoms with Gasteiger partial charge in [0.2, 0.25) is 0 Å². The minimum atomic E-state index is -0.671. The highest BCUT2D eigenvalue weighted by atomic mass is 16.7. The summed E-state index contributed by atoms with van der Waals surface area (Å²) in [4.78, 5) is 23.2. The standard InChI is InChI=1S/C17H23BO7/c1-16(2)17(3,4)25-18(24-16)12-7-11(15(20)22-6)8-13(9-12)23-10-14(19)21-5/h7-9H,10H2,1-6H3. The molecule has 1 aliphatic heterocycles. The molecule has 2 rings (SSSR count). The molecule has 8 heteroatoms. The van der Waals surface area contributed by atoms with Crippen LogP contribution in [0.25, 0.3) is 0 Å². The molecule has 7 nitrogen and oxygen atoms in total. The molecule has 0 aliphatic carbocycles. The van der Waals surface area contributed by atoms with Gasteiger partial charge < -0.3 is 23.5 Å². The number of rotatable bonds is 5. The normalized spacial score (nSPS) is 17.9. The van der Waals surface area contributed by atoms with Gasteiger partial charge in [-0.05, 0) is 51.4 Å². The Morgan fingerprint density at radius 1 is 1.00 bits per heavy atom. The number of hydrogen-bond acceptors (Lipinski definition) is 7. The maximum Gasteiger partial charge on any atom is 0.494 e. The quantitative estimate of drug-likeness (QED) is 0.585. The number of carbonyl (C=O) groups excluding carboxylic acids is 2. The Morgan fingerprint density at radius 2 is 1.60 bits per heavy atom. The summed E-state index contributed by atoms with van der Waals surface area (Å²) in [6, 6.07) is 4.78. The predicted molar refractivity (Wildman–Crippen MR) is 91.0 cm³/mol. The average molecular weight is 350 g/mol. The summed E-state index contributed by atoms with van der Waals surface area (Å²) >= 11 is 0. The van der Waals surface area contributed by atoms with Crippen molar-refractivity contribution in [2.75, 3.05) is 20.8 Å². The Kier molecular flexibility index (Phi) is 5.44. The maximum atomic E-state index is 11.9. The summed E-state index contributed by atoms with van der Waals surface area (Å²) < 4.78 is 26.7. The molecule has 25 heavy (non-hydrogen) atoms. The van der Waals surface area contributed by atoms with Gasteiger partial charge >= 0.3 is 19.1 Å². The van der Waals surface area contributed by atoms with Gasteiger partial charge in [0.1, 0.15) is 5.75 Å². The van der Waals surface area contributed by atoms with Crippen LogP contribution in [0.2, 0.25) is 0 Å². The van der Waals surface area contributed by atoms with Crippen LogP contribution in [0.15, 0.2) is 18.2 Å². The first-order chi connectivity index (χ1) is 11.6. The largest absolute Gasteiger partial charge is 0.494 e. The zero-order chi connectivity index (χ0) is 18.8. The second-order valence-electron chi connectivity index (χ2n) is 6.74. The third kappa shape index (κ3) is 4.14. The molecule has 1 aliphatic rings. The van der Waals surface area contributed by atoms with Gasteiger partial charge in [-0.3, -0.25) is 0 Å². The molecule has 0 N–H and O–H groups in total. The van der Waals surface area contributed by atoms with Crippen LogP contribution in [-0.2, 0) is 23.6 Å². The van der Waals surface area contributed by atoms with Gasteiger partial charge in [-0.15, -0.1) is 0 Å². The summed E-state index contributed by atoms with van der Waals surface area (Å²) in [5, 5.41) is 0. The lowest BCUT2D eigenvalue weighted by Crippen LogP contribution is -2.41. The van der Waals surface area contributed by atoms with Crippen LogP contribution in [0.1, 0.15) is 38.1 Å². The number of ether oxygens (including phenoxy) is 3. The van der Waals surface area contributed by atoms with E-state index in [1.54, 1.807) is 12.1 Å². The summed E-state index contributed by atoms with van der Waals surface area (Å²) in [6.07, 6.45) is 0. The fraction of sp³-hybridized carbons (Fsp3) is 0.529. The van der Waals surface area contributed by atoms with E-state index in [-0.39, 0.29) is 12.2 Å². The van der Waals surface area contributed by atoms with Crippen molar-refractivity contribution in [1.82, 2.24) is 0 Å². The second-order valence-corrected chi connectivity index (χ2v) is 6.74. The summed E-state index contributed by atoms with van der Waals surface area (Å²) in [5.41, 5.74) is -0.172. The van der Waals surface area contributed by atoms with E-state index < -0.39 is 30.3 Å². The van der Waals surface area contributed by atoms with Crippen molar-refractivity contribution in [2.24, 2.45) is 0 Å². The lowest BCUT2D eigenvalue weighted by molar-refractivity contribution is -0.142. The number of esters is 2. The fourth-order valence-electron chi connectivity index (χ4n) is 2.26. The summed E-state index contributed by atoms with van der Waals surface area (Å²) in [5.74, 6) is -0.736. The van der Waals surface area contributed by atoms with E-state index in [9.17, 15) is 9.59 Å². The Bertz CT molecular complexity index is 653. The first kappa shape index (κ1) is 19.3. The molecular formula is C17H23BO7. The van der Waals surface area contributed by atoms with E-state index >= 15 is 0 Å². The molecule has 1 aromatic rings. The SMILES string of the molecule is COC(=O)COc1cc(B2OC(C)(C)C(C)(C)O2)cc(C(=O)OC)c1. The third-order valence-corrected chi connectivity index (χ3v) is 4.46. The number of hydrogen-bond donors (Lipinski definition) is 0. The molecule has 1 aromatic carbocycles. The fourth-order valence-corrected chi connectivity index (χ4v) is 2.26. The van der Waals surface area contributed by atoms with Gasteiger partial charge in [-0.25, -0.2) is 9.59 Å². The van der Waals surface area contributed by atoms with E-state index in [1.807, 2.05) is 27.7 Å². The van der Waals surface area contributed by atoms with Crippen molar-refractivity contribution >= 4 is 24.5 Å². The molecule has 0 aromatic heterocycles. The van der Waals surface area contributed by atoms with E-state index in [1.165, 1.54) is 20.3 Å². The monoisotopic (exact) mass is 350 g/mol. The maximum absolute atomic E-state index is 11.9. The lowest BCUT2D eigenvalue weighted by Gasteiger charge is -2.32. The van der Waals surface area contributed by atoms with Gasteiger partial charge in [-0.2, -0.15) is 0 Å². The Labute approximate surface area is 147 Å². The van der Waals surface area contributed by atoms with Crippen molar-refractivity contribution in [3.05, 3.63) is 23.8 Å². The highest BCUT2D eigenvalue weighted by molar-refractivity contribution is 6.62. The smallest absolute Gasteiger partial charge is 0.482 e. The molecule has 0 amide bonds.